The van der Waals surface area contributed by atoms with E-state index in [0.29, 0.717) is 5.92 Å². The van der Waals surface area contributed by atoms with Gasteiger partial charge in [0.15, 0.2) is 0 Å². The van der Waals surface area contributed by atoms with E-state index in [1.165, 1.54) is 6.08 Å². The molecule has 4 heteroatoms. The number of ether oxygens (including phenoxy) is 1. The molecule has 116 valence electrons. The lowest BCUT2D eigenvalue weighted by Gasteiger charge is -2.13. The summed E-state index contributed by atoms with van der Waals surface area (Å²) in [5.41, 5.74) is 1.84. The first-order valence-electron chi connectivity index (χ1n) is 7.53. The van der Waals surface area contributed by atoms with Crippen molar-refractivity contribution in [3.8, 4) is 5.69 Å². The summed E-state index contributed by atoms with van der Waals surface area (Å²) < 4.78 is 7.09. The normalized spacial score (nSPS) is 12.7. The van der Waals surface area contributed by atoms with Gasteiger partial charge in [-0.2, -0.15) is 5.10 Å². The van der Waals surface area contributed by atoms with Crippen molar-refractivity contribution in [3.05, 3.63) is 54.4 Å². The van der Waals surface area contributed by atoms with Gasteiger partial charge in [-0.05, 0) is 37.5 Å². The molecule has 2 aromatic rings. The van der Waals surface area contributed by atoms with Crippen molar-refractivity contribution in [3.63, 3.8) is 0 Å². The van der Waals surface area contributed by atoms with Crippen LogP contribution < -0.4 is 0 Å². The lowest BCUT2D eigenvalue weighted by atomic mass is 10.1. The van der Waals surface area contributed by atoms with E-state index in [4.69, 9.17) is 4.74 Å². The molecule has 0 radical (unpaired) electrons. The van der Waals surface area contributed by atoms with Crippen molar-refractivity contribution < 1.29 is 9.53 Å². The maximum absolute atomic E-state index is 11.7. The van der Waals surface area contributed by atoms with E-state index in [0.717, 1.165) is 17.7 Å². The molecule has 0 aliphatic heterocycles. The summed E-state index contributed by atoms with van der Waals surface area (Å²) >= 11 is 0. The third-order valence-corrected chi connectivity index (χ3v) is 3.16. The van der Waals surface area contributed by atoms with Crippen LogP contribution in [0.3, 0.4) is 0 Å². The second-order valence-corrected chi connectivity index (χ2v) is 5.76. The van der Waals surface area contributed by atoms with E-state index in [9.17, 15) is 4.79 Å². The predicted molar refractivity (Wildman–Crippen MR) is 87.6 cm³/mol. The van der Waals surface area contributed by atoms with Crippen LogP contribution in [0, 0.1) is 5.92 Å². The number of hydrogen-bond acceptors (Lipinski definition) is 3. The molecule has 1 heterocycles. The summed E-state index contributed by atoms with van der Waals surface area (Å²) in [7, 11) is 0. The third kappa shape index (κ3) is 4.88. The molecule has 0 amide bonds. The van der Waals surface area contributed by atoms with Gasteiger partial charge in [-0.3, -0.25) is 0 Å². The average Bonchev–Trinajstić information content (AvgIpc) is 2.94. The van der Waals surface area contributed by atoms with E-state index in [2.05, 4.69) is 18.9 Å². The number of nitrogens with zero attached hydrogens (tertiary/aromatic N) is 2. The Labute approximate surface area is 131 Å². The van der Waals surface area contributed by atoms with Crippen LogP contribution in [0.25, 0.3) is 11.8 Å². The number of esters is 1. The average molecular weight is 298 g/mol. The minimum absolute atomic E-state index is 0.0656. The molecule has 0 fully saturated rings. The molecule has 0 spiro atoms. The standard InChI is InChI=1S/C18H22N2O2/c1-14(2)11-15(3)22-18(21)10-9-16-12-19-20(13-16)17-7-5-4-6-8-17/h4-10,12-15H,11H2,1-3H3/b10-9+. The zero-order valence-corrected chi connectivity index (χ0v) is 13.3. The lowest BCUT2D eigenvalue weighted by molar-refractivity contribution is -0.142. The molecule has 0 N–H and O–H groups in total. The predicted octanol–water partition coefficient (Wildman–Crippen LogP) is 3.86. The van der Waals surface area contributed by atoms with Crippen molar-refractivity contribution in [1.82, 2.24) is 9.78 Å². The van der Waals surface area contributed by atoms with Gasteiger partial charge in [-0.15, -0.1) is 0 Å². The maximum Gasteiger partial charge on any atom is 0.331 e. The molecule has 1 unspecified atom stereocenters. The fourth-order valence-corrected chi connectivity index (χ4v) is 2.26. The number of hydrogen-bond donors (Lipinski definition) is 0. The molecule has 22 heavy (non-hydrogen) atoms. The van der Waals surface area contributed by atoms with Gasteiger partial charge in [0.05, 0.1) is 18.0 Å². The van der Waals surface area contributed by atoms with Gasteiger partial charge in [0.2, 0.25) is 0 Å². The smallest absolute Gasteiger partial charge is 0.331 e. The van der Waals surface area contributed by atoms with Crippen molar-refractivity contribution in [2.24, 2.45) is 5.92 Å². The molecule has 0 saturated heterocycles. The van der Waals surface area contributed by atoms with Crippen molar-refractivity contribution in [2.45, 2.75) is 33.3 Å². The highest BCUT2D eigenvalue weighted by Crippen LogP contribution is 2.10. The highest BCUT2D eigenvalue weighted by atomic mass is 16.5. The number of aromatic nitrogens is 2. The molecule has 0 bridgehead atoms. The van der Waals surface area contributed by atoms with Crippen LogP contribution in [0.2, 0.25) is 0 Å². The van der Waals surface area contributed by atoms with Crippen LogP contribution in [-0.2, 0) is 9.53 Å². The van der Waals surface area contributed by atoms with Gasteiger partial charge in [-0.1, -0.05) is 32.0 Å². The summed E-state index contributed by atoms with van der Waals surface area (Å²) in [5.74, 6) is 0.191. The Balaban J connectivity index is 1.94. The molecule has 4 nitrogen and oxygen atoms in total. The van der Waals surface area contributed by atoms with Crippen LogP contribution in [-0.4, -0.2) is 21.9 Å². The lowest BCUT2D eigenvalue weighted by Crippen LogP contribution is -2.15. The van der Waals surface area contributed by atoms with Gasteiger partial charge < -0.3 is 4.74 Å². The van der Waals surface area contributed by atoms with E-state index in [1.807, 2.05) is 43.5 Å². The van der Waals surface area contributed by atoms with Gasteiger partial charge in [0.1, 0.15) is 0 Å². The third-order valence-electron chi connectivity index (χ3n) is 3.16. The first-order chi connectivity index (χ1) is 10.5. The Hall–Kier alpha value is -2.36. The Morgan fingerprint density at radius 1 is 1.27 bits per heavy atom. The Morgan fingerprint density at radius 2 is 2.00 bits per heavy atom. The molecular weight excluding hydrogens is 276 g/mol. The molecule has 0 saturated carbocycles. The largest absolute Gasteiger partial charge is 0.460 e. The second kappa shape index (κ2) is 7.59. The minimum atomic E-state index is -0.319. The minimum Gasteiger partial charge on any atom is -0.460 e. The number of carbonyl (C=O) groups is 1. The summed E-state index contributed by atoms with van der Waals surface area (Å²) in [6, 6.07) is 9.83. The van der Waals surface area contributed by atoms with Crippen LogP contribution in [0.4, 0.5) is 0 Å². The van der Waals surface area contributed by atoms with Crippen LogP contribution in [0.1, 0.15) is 32.8 Å². The van der Waals surface area contributed by atoms with Crippen LogP contribution >= 0.6 is 0 Å². The highest BCUT2D eigenvalue weighted by Gasteiger charge is 2.08. The Bertz CT molecular complexity index is 630. The van der Waals surface area contributed by atoms with E-state index in [1.54, 1.807) is 17.0 Å². The van der Waals surface area contributed by atoms with Crippen LogP contribution in [0.5, 0.6) is 0 Å². The summed E-state index contributed by atoms with van der Waals surface area (Å²) in [4.78, 5) is 11.7. The number of benzene rings is 1. The van der Waals surface area contributed by atoms with Gasteiger partial charge in [-0.25, -0.2) is 9.48 Å². The first-order valence-corrected chi connectivity index (χ1v) is 7.53. The van der Waals surface area contributed by atoms with Crippen LogP contribution in [0.15, 0.2) is 48.8 Å². The summed E-state index contributed by atoms with van der Waals surface area (Å²) in [5, 5.41) is 4.28. The Morgan fingerprint density at radius 3 is 2.68 bits per heavy atom. The first kappa shape index (κ1) is 16.0. The number of rotatable bonds is 6. The SMILES string of the molecule is CC(C)CC(C)OC(=O)/C=C/c1cnn(-c2ccccc2)c1. The van der Waals surface area contributed by atoms with Crippen molar-refractivity contribution in [2.75, 3.05) is 0 Å². The van der Waals surface area contributed by atoms with E-state index >= 15 is 0 Å². The second-order valence-electron chi connectivity index (χ2n) is 5.76. The molecule has 1 aromatic carbocycles. The summed E-state index contributed by atoms with van der Waals surface area (Å²) in [6.07, 6.45) is 7.56. The fourth-order valence-electron chi connectivity index (χ4n) is 2.26. The maximum atomic E-state index is 11.7. The van der Waals surface area contributed by atoms with Crippen molar-refractivity contribution >= 4 is 12.0 Å². The van der Waals surface area contributed by atoms with Gasteiger partial charge in [0, 0.05) is 17.8 Å². The van der Waals surface area contributed by atoms with Gasteiger partial charge in [0.25, 0.3) is 0 Å². The van der Waals surface area contributed by atoms with E-state index < -0.39 is 0 Å². The monoisotopic (exact) mass is 298 g/mol. The highest BCUT2D eigenvalue weighted by molar-refractivity contribution is 5.87. The quantitative estimate of drug-likeness (QED) is 0.601. The van der Waals surface area contributed by atoms with E-state index in [-0.39, 0.29) is 12.1 Å². The molecule has 2 rings (SSSR count). The number of carbonyl (C=O) groups excluding carboxylic acids is 1. The zero-order chi connectivity index (χ0) is 15.9. The topological polar surface area (TPSA) is 44.1 Å². The van der Waals surface area contributed by atoms with Gasteiger partial charge >= 0.3 is 5.97 Å². The van der Waals surface area contributed by atoms with Crippen molar-refractivity contribution in [1.29, 1.82) is 0 Å². The zero-order valence-electron chi connectivity index (χ0n) is 13.3. The summed E-state index contributed by atoms with van der Waals surface area (Å²) in [6.45, 7) is 6.13. The molecule has 0 aliphatic rings. The Kier molecular flexibility index (Phi) is 5.53. The molecule has 1 aromatic heterocycles. The molecule has 1 atom stereocenters. The molecular formula is C18H22N2O2. The molecule has 0 aliphatic carbocycles. The number of para-hydroxylation sites is 1. The fraction of sp³-hybridized carbons (Fsp3) is 0.333.